The van der Waals surface area contributed by atoms with Crippen molar-refractivity contribution < 1.29 is 23.0 Å². The van der Waals surface area contributed by atoms with Crippen molar-refractivity contribution in [2.75, 3.05) is 19.0 Å². The van der Waals surface area contributed by atoms with Gasteiger partial charge in [0.2, 0.25) is 0 Å². The molecule has 6 heteroatoms. The van der Waals surface area contributed by atoms with Gasteiger partial charge in [0.05, 0.1) is 12.8 Å². The van der Waals surface area contributed by atoms with Crippen LogP contribution in [0.4, 0.5) is 18.9 Å². The Morgan fingerprint density at radius 2 is 1.90 bits per heavy atom. The van der Waals surface area contributed by atoms with E-state index in [9.17, 15) is 18.3 Å². The van der Waals surface area contributed by atoms with Gasteiger partial charge in [-0.15, -0.1) is 0 Å². The Morgan fingerprint density at radius 3 is 2.38 bits per heavy atom. The third-order valence-corrected chi connectivity index (χ3v) is 3.53. The summed E-state index contributed by atoms with van der Waals surface area (Å²) >= 11 is 0. The number of unbranched alkanes of at least 4 members (excludes halogenated alkanes) is 1. The van der Waals surface area contributed by atoms with Gasteiger partial charge in [-0.25, -0.2) is 0 Å². The van der Waals surface area contributed by atoms with E-state index in [4.69, 9.17) is 4.74 Å². The van der Waals surface area contributed by atoms with Crippen LogP contribution >= 0.6 is 0 Å². The Hall–Kier alpha value is -1.43. The third-order valence-electron chi connectivity index (χ3n) is 3.53. The summed E-state index contributed by atoms with van der Waals surface area (Å²) in [5.41, 5.74) is -2.20. The van der Waals surface area contributed by atoms with Crippen LogP contribution < -0.4 is 10.1 Å². The van der Waals surface area contributed by atoms with Gasteiger partial charge in [0.25, 0.3) is 0 Å². The molecule has 0 fully saturated rings. The summed E-state index contributed by atoms with van der Waals surface area (Å²) in [5.74, 6) is 0.327. The van der Waals surface area contributed by atoms with E-state index in [0.29, 0.717) is 18.0 Å². The molecule has 0 heterocycles. The minimum Gasteiger partial charge on any atom is -0.494 e. The van der Waals surface area contributed by atoms with E-state index >= 15 is 0 Å². The Balaban J connectivity index is 3.22. The second kappa shape index (κ2) is 6.56. The fourth-order valence-electron chi connectivity index (χ4n) is 2.17. The van der Waals surface area contributed by atoms with Gasteiger partial charge in [-0.2, -0.15) is 13.2 Å². The van der Waals surface area contributed by atoms with Crippen LogP contribution in [0.2, 0.25) is 0 Å². The lowest BCUT2D eigenvalue weighted by molar-refractivity contribution is -0.259. The SMILES string of the molecule is CCCCNc1ccc(C(C)(O)C(F)(F)F)c(C)c1OC. The molecule has 2 N–H and O–H groups in total. The molecule has 0 aliphatic rings. The van der Waals surface area contributed by atoms with Gasteiger partial charge in [0.1, 0.15) is 5.75 Å². The molecule has 0 radical (unpaired) electrons. The molecular weight excluding hydrogens is 283 g/mol. The van der Waals surface area contributed by atoms with Crippen molar-refractivity contribution in [1.29, 1.82) is 0 Å². The van der Waals surface area contributed by atoms with Crippen LogP contribution in [-0.4, -0.2) is 24.9 Å². The van der Waals surface area contributed by atoms with Crippen LogP contribution in [0.15, 0.2) is 12.1 Å². The molecule has 1 aromatic rings. The highest BCUT2D eigenvalue weighted by atomic mass is 19.4. The highest BCUT2D eigenvalue weighted by Crippen LogP contribution is 2.43. The Morgan fingerprint density at radius 1 is 1.29 bits per heavy atom. The van der Waals surface area contributed by atoms with Crippen molar-refractivity contribution in [3.8, 4) is 5.75 Å². The van der Waals surface area contributed by atoms with Crippen LogP contribution in [0.3, 0.4) is 0 Å². The maximum absolute atomic E-state index is 13.0. The summed E-state index contributed by atoms with van der Waals surface area (Å²) in [6.45, 7) is 5.02. The maximum Gasteiger partial charge on any atom is 0.421 e. The zero-order valence-corrected chi connectivity index (χ0v) is 12.8. The highest BCUT2D eigenvalue weighted by Gasteiger charge is 2.52. The molecule has 0 aliphatic heterocycles. The van der Waals surface area contributed by atoms with Gasteiger partial charge in [-0.1, -0.05) is 19.4 Å². The largest absolute Gasteiger partial charge is 0.494 e. The van der Waals surface area contributed by atoms with Crippen LogP contribution in [0, 0.1) is 6.92 Å². The van der Waals surface area contributed by atoms with Gasteiger partial charge in [0.15, 0.2) is 5.60 Å². The van der Waals surface area contributed by atoms with Crippen molar-refractivity contribution in [2.24, 2.45) is 0 Å². The Kier molecular flexibility index (Phi) is 5.50. The van der Waals surface area contributed by atoms with E-state index in [1.165, 1.54) is 26.2 Å². The second-order valence-corrected chi connectivity index (χ2v) is 5.17. The first kappa shape index (κ1) is 17.6. The number of benzene rings is 1. The average molecular weight is 305 g/mol. The number of methoxy groups -OCH3 is 1. The standard InChI is InChI=1S/C15H22F3NO2/c1-5-6-9-19-12-8-7-11(10(2)13(12)21-4)14(3,20)15(16,17)18/h7-8,19-20H,5-6,9H2,1-4H3. The molecule has 0 amide bonds. The van der Waals surface area contributed by atoms with E-state index in [1.807, 2.05) is 6.92 Å². The molecule has 3 nitrogen and oxygen atoms in total. The number of alkyl halides is 3. The molecule has 0 spiro atoms. The minimum absolute atomic E-state index is 0.201. The summed E-state index contributed by atoms with van der Waals surface area (Å²) in [4.78, 5) is 0. The molecule has 0 saturated heterocycles. The van der Waals surface area contributed by atoms with E-state index in [2.05, 4.69) is 5.32 Å². The molecule has 1 rings (SSSR count). The monoisotopic (exact) mass is 305 g/mol. The number of rotatable bonds is 6. The lowest BCUT2D eigenvalue weighted by atomic mass is 9.90. The predicted octanol–water partition coefficient (Wildman–Crippen LogP) is 3.99. The zero-order chi connectivity index (χ0) is 16.3. The normalized spacial score (nSPS) is 14.7. The molecule has 0 aliphatic carbocycles. The lowest BCUT2D eigenvalue weighted by Crippen LogP contribution is -2.39. The summed E-state index contributed by atoms with van der Waals surface area (Å²) in [6, 6.07) is 2.80. The molecule has 1 unspecified atom stereocenters. The van der Waals surface area contributed by atoms with Crippen LogP contribution in [0.25, 0.3) is 0 Å². The number of nitrogens with one attached hydrogen (secondary N) is 1. The summed E-state index contributed by atoms with van der Waals surface area (Å²) < 4.78 is 44.1. The topological polar surface area (TPSA) is 41.5 Å². The second-order valence-electron chi connectivity index (χ2n) is 5.17. The molecule has 120 valence electrons. The molecule has 0 aromatic heterocycles. The average Bonchev–Trinajstić information content (AvgIpc) is 2.37. The van der Waals surface area contributed by atoms with E-state index in [0.717, 1.165) is 19.8 Å². The Bertz CT molecular complexity index is 485. The maximum atomic E-state index is 13.0. The van der Waals surface area contributed by atoms with Gasteiger partial charge in [0, 0.05) is 6.54 Å². The smallest absolute Gasteiger partial charge is 0.421 e. The van der Waals surface area contributed by atoms with E-state index in [-0.39, 0.29) is 11.1 Å². The third kappa shape index (κ3) is 3.61. The molecule has 1 atom stereocenters. The fraction of sp³-hybridized carbons (Fsp3) is 0.600. The fourth-order valence-corrected chi connectivity index (χ4v) is 2.17. The van der Waals surface area contributed by atoms with Crippen molar-refractivity contribution in [3.05, 3.63) is 23.3 Å². The number of halogens is 3. The van der Waals surface area contributed by atoms with Gasteiger partial charge in [-0.05, 0) is 37.5 Å². The van der Waals surface area contributed by atoms with Crippen LogP contribution in [0.1, 0.15) is 37.8 Å². The minimum atomic E-state index is -4.75. The Labute approximate surface area is 123 Å². The van der Waals surface area contributed by atoms with Gasteiger partial charge < -0.3 is 15.2 Å². The van der Waals surface area contributed by atoms with E-state index < -0.39 is 11.8 Å². The quantitative estimate of drug-likeness (QED) is 0.781. The number of anilines is 1. The highest BCUT2D eigenvalue weighted by molar-refractivity contribution is 5.63. The van der Waals surface area contributed by atoms with Crippen molar-refractivity contribution in [3.63, 3.8) is 0 Å². The first-order valence-electron chi connectivity index (χ1n) is 6.87. The first-order valence-corrected chi connectivity index (χ1v) is 6.87. The van der Waals surface area contributed by atoms with Crippen molar-refractivity contribution in [2.45, 2.75) is 45.4 Å². The van der Waals surface area contributed by atoms with Crippen molar-refractivity contribution >= 4 is 5.69 Å². The number of hydrogen-bond donors (Lipinski definition) is 2. The first-order chi connectivity index (χ1) is 9.66. The van der Waals surface area contributed by atoms with Crippen LogP contribution in [0.5, 0.6) is 5.75 Å². The lowest BCUT2D eigenvalue weighted by Gasteiger charge is -2.29. The zero-order valence-electron chi connectivity index (χ0n) is 12.8. The summed E-state index contributed by atoms with van der Waals surface area (Å²) in [5, 5.41) is 13.0. The number of hydrogen-bond acceptors (Lipinski definition) is 3. The molecule has 1 aromatic carbocycles. The molecule has 0 bridgehead atoms. The summed E-state index contributed by atoms with van der Waals surface area (Å²) in [6.07, 6.45) is -2.79. The summed E-state index contributed by atoms with van der Waals surface area (Å²) in [7, 11) is 1.40. The molecule has 21 heavy (non-hydrogen) atoms. The van der Waals surface area contributed by atoms with E-state index in [1.54, 1.807) is 0 Å². The van der Waals surface area contributed by atoms with Crippen molar-refractivity contribution in [1.82, 2.24) is 0 Å². The number of ether oxygens (including phenoxy) is 1. The van der Waals surface area contributed by atoms with Gasteiger partial charge >= 0.3 is 6.18 Å². The predicted molar refractivity (Wildman–Crippen MR) is 76.8 cm³/mol. The molecule has 0 saturated carbocycles. The van der Waals surface area contributed by atoms with Gasteiger partial charge in [-0.3, -0.25) is 0 Å². The number of aliphatic hydroxyl groups is 1. The molecular formula is C15H22F3NO2. The van der Waals surface area contributed by atoms with Crippen LogP contribution in [-0.2, 0) is 5.60 Å².